The average Bonchev–Trinajstić information content (AvgIpc) is 2.35. The standard InChI is InChI=1S/C12H12I2O5/c1-7(15)18-3-4-19-11-9(13)5-8(6-10(11)14)12(16)17-2/h5-6H,3-4H2,1-2H3. The van der Waals surface area contributed by atoms with E-state index in [-0.39, 0.29) is 25.2 Å². The van der Waals surface area contributed by atoms with E-state index in [9.17, 15) is 9.59 Å². The van der Waals surface area contributed by atoms with E-state index in [0.717, 1.165) is 7.14 Å². The Hall–Kier alpha value is -0.580. The second-order valence-corrected chi connectivity index (χ2v) is 5.77. The van der Waals surface area contributed by atoms with Crippen LogP contribution in [0, 0.1) is 7.14 Å². The molecule has 0 spiro atoms. The Bertz CT molecular complexity index is 464. The van der Waals surface area contributed by atoms with Crippen molar-refractivity contribution in [3.8, 4) is 5.75 Å². The van der Waals surface area contributed by atoms with Gasteiger partial charge in [0.2, 0.25) is 0 Å². The average molecular weight is 490 g/mol. The summed E-state index contributed by atoms with van der Waals surface area (Å²) in [6.45, 7) is 1.81. The molecule has 0 bridgehead atoms. The molecule has 0 aromatic heterocycles. The van der Waals surface area contributed by atoms with E-state index < -0.39 is 0 Å². The highest BCUT2D eigenvalue weighted by atomic mass is 127. The van der Waals surface area contributed by atoms with Crippen LogP contribution in [-0.4, -0.2) is 32.3 Å². The summed E-state index contributed by atoms with van der Waals surface area (Å²) in [6, 6.07) is 3.38. The molecule has 0 aliphatic rings. The van der Waals surface area contributed by atoms with Crippen molar-refractivity contribution in [1.82, 2.24) is 0 Å². The van der Waals surface area contributed by atoms with Gasteiger partial charge in [0.25, 0.3) is 0 Å². The van der Waals surface area contributed by atoms with E-state index in [1.54, 1.807) is 12.1 Å². The molecule has 19 heavy (non-hydrogen) atoms. The Balaban J connectivity index is 2.74. The number of benzene rings is 1. The van der Waals surface area contributed by atoms with Gasteiger partial charge >= 0.3 is 11.9 Å². The van der Waals surface area contributed by atoms with Crippen molar-refractivity contribution in [3.63, 3.8) is 0 Å². The SMILES string of the molecule is COC(=O)c1cc(I)c(OCCOC(C)=O)c(I)c1. The van der Waals surface area contributed by atoms with Crippen LogP contribution < -0.4 is 4.74 Å². The van der Waals surface area contributed by atoms with E-state index in [2.05, 4.69) is 49.9 Å². The first-order chi connectivity index (χ1) is 8.95. The molecule has 5 nitrogen and oxygen atoms in total. The molecule has 104 valence electrons. The largest absolute Gasteiger partial charge is 0.488 e. The number of halogens is 2. The van der Waals surface area contributed by atoms with Crippen LogP contribution >= 0.6 is 45.2 Å². The summed E-state index contributed by atoms with van der Waals surface area (Å²) in [6.07, 6.45) is 0. The highest BCUT2D eigenvalue weighted by Gasteiger charge is 2.13. The van der Waals surface area contributed by atoms with E-state index in [1.165, 1.54) is 14.0 Å². The van der Waals surface area contributed by atoms with Crippen LogP contribution in [-0.2, 0) is 14.3 Å². The molecule has 0 saturated carbocycles. The summed E-state index contributed by atoms with van der Waals surface area (Å²) in [5.41, 5.74) is 0.476. The third-order valence-electron chi connectivity index (χ3n) is 2.05. The minimum Gasteiger partial charge on any atom is -0.488 e. The van der Waals surface area contributed by atoms with Gasteiger partial charge in [0.1, 0.15) is 19.0 Å². The quantitative estimate of drug-likeness (QED) is 0.361. The molecule has 0 radical (unpaired) electrons. The first-order valence-electron chi connectivity index (χ1n) is 5.29. The first-order valence-corrected chi connectivity index (χ1v) is 7.45. The van der Waals surface area contributed by atoms with Crippen molar-refractivity contribution in [1.29, 1.82) is 0 Å². The van der Waals surface area contributed by atoms with Crippen LogP contribution in [0.3, 0.4) is 0 Å². The van der Waals surface area contributed by atoms with E-state index >= 15 is 0 Å². The molecule has 1 aromatic carbocycles. The zero-order valence-corrected chi connectivity index (χ0v) is 14.7. The fourth-order valence-corrected chi connectivity index (χ4v) is 3.34. The molecule has 0 N–H and O–H groups in total. The van der Waals surface area contributed by atoms with Crippen molar-refractivity contribution in [2.75, 3.05) is 20.3 Å². The van der Waals surface area contributed by atoms with E-state index in [0.29, 0.717) is 11.3 Å². The summed E-state index contributed by atoms with van der Waals surface area (Å²) in [5, 5.41) is 0. The molecular weight excluding hydrogens is 478 g/mol. The Morgan fingerprint density at radius 2 is 1.74 bits per heavy atom. The number of hydrogen-bond donors (Lipinski definition) is 0. The molecule has 0 aliphatic carbocycles. The summed E-state index contributed by atoms with van der Waals surface area (Å²) in [7, 11) is 1.34. The monoisotopic (exact) mass is 490 g/mol. The molecule has 1 rings (SSSR count). The zero-order valence-electron chi connectivity index (χ0n) is 10.4. The van der Waals surface area contributed by atoms with Gasteiger partial charge < -0.3 is 14.2 Å². The molecule has 0 fully saturated rings. The summed E-state index contributed by atoms with van der Waals surface area (Å²) >= 11 is 4.16. The molecule has 0 aliphatic heterocycles. The van der Waals surface area contributed by atoms with Crippen LogP contribution in [0.2, 0.25) is 0 Å². The molecule has 0 amide bonds. The van der Waals surface area contributed by atoms with Gasteiger partial charge in [-0.05, 0) is 57.3 Å². The molecule has 0 atom stereocenters. The van der Waals surface area contributed by atoms with Crippen LogP contribution in [0.15, 0.2) is 12.1 Å². The molecule has 7 heteroatoms. The number of carbonyl (C=O) groups is 2. The lowest BCUT2D eigenvalue weighted by atomic mass is 10.2. The highest BCUT2D eigenvalue weighted by Crippen LogP contribution is 2.29. The molecule has 0 unspecified atom stereocenters. The normalized spacial score (nSPS) is 9.89. The van der Waals surface area contributed by atoms with Crippen LogP contribution in [0.25, 0.3) is 0 Å². The van der Waals surface area contributed by atoms with Crippen molar-refractivity contribution < 1.29 is 23.8 Å². The number of rotatable bonds is 5. The van der Waals surface area contributed by atoms with Crippen LogP contribution in [0.5, 0.6) is 5.75 Å². The van der Waals surface area contributed by atoms with Gasteiger partial charge in [0.05, 0.1) is 19.8 Å². The summed E-state index contributed by atoms with van der Waals surface area (Å²) in [5.74, 6) is -0.0580. The number of esters is 2. The maximum Gasteiger partial charge on any atom is 0.337 e. The van der Waals surface area contributed by atoms with Crippen molar-refractivity contribution >= 4 is 57.1 Å². The molecular formula is C12H12I2O5. The highest BCUT2D eigenvalue weighted by molar-refractivity contribution is 14.1. The predicted octanol–water partition coefficient (Wildman–Crippen LogP) is 2.62. The fourth-order valence-electron chi connectivity index (χ4n) is 1.26. The zero-order chi connectivity index (χ0) is 14.4. The van der Waals surface area contributed by atoms with E-state index in [4.69, 9.17) is 9.47 Å². The van der Waals surface area contributed by atoms with Gasteiger partial charge in [-0.2, -0.15) is 0 Å². The van der Waals surface area contributed by atoms with Gasteiger partial charge in [0.15, 0.2) is 0 Å². The lowest BCUT2D eigenvalue weighted by Crippen LogP contribution is -2.11. The van der Waals surface area contributed by atoms with Gasteiger partial charge in [-0.25, -0.2) is 4.79 Å². The van der Waals surface area contributed by atoms with Crippen molar-refractivity contribution in [2.45, 2.75) is 6.92 Å². The minimum absolute atomic E-state index is 0.195. The number of ether oxygens (including phenoxy) is 3. The summed E-state index contributed by atoms with van der Waals surface area (Å²) in [4.78, 5) is 22.0. The Kier molecular flexibility index (Phi) is 6.83. The Labute approximate surface area is 138 Å². The van der Waals surface area contributed by atoms with Crippen molar-refractivity contribution in [2.24, 2.45) is 0 Å². The maximum absolute atomic E-state index is 11.4. The smallest absolute Gasteiger partial charge is 0.337 e. The predicted molar refractivity (Wildman–Crippen MR) is 85.3 cm³/mol. The lowest BCUT2D eigenvalue weighted by Gasteiger charge is -2.11. The fraction of sp³-hybridized carbons (Fsp3) is 0.333. The van der Waals surface area contributed by atoms with Gasteiger partial charge in [0, 0.05) is 6.92 Å². The van der Waals surface area contributed by atoms with Gasteiger partial charge in [-0.3, -0.25) is 4.79 Å². The second-order valence-electron chi connectivity index (χ2n) is 3.45. The third kappa shape index (κ3) is 5.13. The van der Waals surface area contributed by atoms with Crippen LogP contribution in [0.4, 0.5) is 0 Å². The van der Waals surface area contributed by atoms with Crippen molar-refractivity contribution in [3.05, 3.63) is 24.8 Å². The summed E-state index contributed by atoms with van der Waals surface area (Å²) < 4.78 is 16.6. The third-order valence-corrected chi connectivity index (χ3v) is 3.66. The molecule has 0 heterocycles. The minimum atomic E-state index is -0.387. The second kappa shape index (κ2) is 7.88. The lowest BCUT2D eigenvalue weighted by molar-refractivity contribution is -0.141. The van der Waals surface area contributed by atoms with E-state index in [1.807, 2.05) is 0 Å². The topological polar surface area (TPSA) is 61.8 Å². The van der Waals surface area contributed by atoms with Gasteiger partial charge in [-0.1, -0.05) is 0 Å². The Morgan fingerprint density at radius 1 is 1.16 bits per heavy atom. The number of methoxy groups -OCH3 is 1. The number of hydrogen-bond acceptors (Lipinski definition) is 5. The van der Waals surface area contributed by atoms with Gasteiger partial charge in [-0.15, -0.1) is 0 Å². The Morgan fingerprint density at radius 3 is 2.21 bits per heavy atom. The van der Waals surface area contributed by atoms with Crippen LogP contribution in [0.1, 0.15) is 17.3 Å². The first kappa shape index (κ1) is 16.5. The maximum atomic E-state index is 11.4. The number of carbonyl (C=O) groups excluding carboxylic acids is 2. The molecule has 1 aromatic rings. The molecule has 0 saturated heterocycles.